The van der Waals surface area contributed by atoms with Crippen LogP contribution < -0.4 is 15.9 Å². The van der Waals surface area contributed by atoms with Crippen LogP contribution in [0.25, 0.3) is 0 Å². The van der Waals surface area contributed by atoms with Gasteiger partial charge < -0.3 is 0 Å². The number of alkyl halides is 3. The topological polar surface area (TPSA) is 54.4 Å². The molecular weight excluding hydrogens is 523 g/mol. The number of hydrogen-bond donors (Lipinski definition) is 1. The Morgan fingerprint density at radius 1 is 0.714 bits per heavy atom. The molecule has 3 nitrogen and oxygen atoms in total. The van der Waals surface area contributed by atoms with Crippen molar-refractivity contribution in [1.29, 1.82) is 0 Å². The van der Waals surface area contributed by atoms with E-state index < -0.39 is 23.5 Å². The van der Waals surface area contributed by atoms with E-state index in [9.17, 15) is 13.2 Å². The summed E-state index contributed by atoms with van der Waals surface area (Å²) in [5, 5.41) is 4.20. The fourth-order valence-electron chi connectivity index (χ4n) is 2.19. The lowest BCUT2D eigenvalue weighted by molar-refractivity contribution is -0.0510. The Labute approximate surface area is 176 Å². The Morgan fingerprint density at radius 3 is 1.36 bits per heavy atom. The summed E-state index contributed by atoms with van der Waals surface area (Å²) in [7, 11) is -6.30. The molecule has 0 radical (unpaired) electrons. The van der Waals surface area contributed by atoms with Crippen LogP contribution in [0.2, 0.25) is 0 Å². The summed E-state index contributed by atoms with van der Waals surface area (Å²) in [5.74, 6) is 0. The summed E-state index contributed by atoms with van der Waals surface area (Å²) in [4.78, 5) is 0. The Kier molecular flexibility index (Phi) is 8.00. The zero-order valence-electron chi connectivity index (χ0n) is 14.2. The molecule has 0 aromatic heterocycles. The molecule has 0 atom stereocenters. The highest BCUT2D eigenvalue weighted by Crippen LogP contribution is 2.32. The van der Waals surface area contributed by atoms with E-state index in [0.29, 0.717) is 0 Å². The summed E-state index contributed by atoms with van der Waals surface area (Å²) in [6.07, 6.45) is 0. The molecule has 0 fully saturated rings. The second kappa shape index (κ2) is 9.82. The molecule has 0 bridgehead atoms. The van der Waals surface area contributed by atoms with Crippen molar-refractivity contribution in [3.63, 3.8) is 0 Å². The van der Waals surface area contributed by atoms with E-state index in [2.05, 4.69) is 108 Å². The molecular formula is C19H15F3IO3PS. The van der Waals surface area contributed by atoms with Crippen LogP contribution >= 0.6 is 30.5 Å². The molecule has 0 aliphatic rings. The van der Waals surface area contributed by atoms with E-state index in [1.165, 1.54) is 19.5 Å². The van der Waals surface area contributed by atoms with Gasteiger partial charge in [0.1, 0.15) is 0 Å². The fourth-order valence-corrected chi connectivity index (χ4v) is 4.83. The fraction of sp³-hybridized carbons (Fsp3) is 0.0526. The second-order valence-electron chi connectivity index (χ2n) is 5.40. The van der Waals surface area contributed by atoms with Crippen LogP contribution in [0.1, 0.15) is 0 Å². The molecule has 0 aliphatic carbocycles. The van der Waals surface area contributed by atoms with Gasteiger partial charge in [0.15, 0.2) is 0 Å². The van der Waals surface area contributed by atoms with Crippen molar-refractivity contribution in [3.8, 4) is 0 Å². The van der Waals surface area contributed by atoms with Crippen LogP contribution in [0.15, 0.2) is 84.9 Å². The van der Waals surface area contributed by atoms with Gasteiger partial charge in [-0.2, -0.15) is 21.6 Å². The molecule has 9 heteroatoms. The molecule has 1 N–H and O–H groups in total. The van der Waals surface area contributed by atoms with Crippen LogP contribution in [0.5, 0.6) is 0 Å². The molecule has 0 spiro atoms. The first-order valence-electron chi connectivity index (χ1n) is 7.79. The first-order chi connectivity index (χ1) is 13.1. The molecule has 0 saturated carbocycles. The first kappa shape index (κ1) is 22.8. The number of benzene rings is 3. The highest BCUT2D eigenvalue weighted by molar-refractivity contribution is 14.1. The van der Waals surface area contributed by atoms with Crippen LogP contribution in [0.4, 0.5) is 13.2 Å². The maximum atomic E-state index is 10.7. The highest BCUT2D eigenvalue weighted by atomic mass is 127. The number of halogens is 4. The molecule has 28 heavy (non-hydrogen) atoms. The van der Waals surface area contributed by atoms with Gasteiger partial charge in [0.25, 0.3) is 0 Å². The third-order valence-corrected chi connectivity index (χ3v) is 7.15. The molecule has 0 saturated heterocycles. The van der Waals surface area contributed by atoms with Gasteiger partial charge in [0.2, 0.25) is 0 Å². The minimum Gasteiger partial charge on any atom is -0.279 e. The second-order valence-corrected chi connectivity index (χ2v) is 10.3. The predicted octanol–water partition coefficient (Wildman–Crippen LogP) is 4.44. The maximum absolute atomic E-state index is 10.7. The number of rotatable bonds is 3. The smallest absolute Gasteiger partial charge is 0.279 e. The summed E-state index contributed by atoms with van der Waals surface area (Å²) in [6.45, 7) is 0. The normalized spacial score (nSPS) is 11.6. The summed E-state index contributed by atoms with van der Waals surface area (Å²) < 4.78 is 58.8. The minimum absolute atomic E-state index is 0.462. The van der Waals surface area contributed by atoms with Gasteiger partial charge in [-0.05, 0) is 58.6 Å². The van der Waals surface area contributed by atoms with E-state index >= 15 is 0 Å². The lowest BCUT2D eigenvalue weighted by atomic mass is 10.4. The average molecular weight is 538 g/mol. The van der Waals surface area contributed by atoms with E-state index in [1.807, 2.05) is 0 Å². The zero-order chi connectivity index (χ0) is 20.8. The molecule has 148 valence electrons. The van der Waals surface area contributed by atoms with Gasteiger partial charge in [-0.15, -0.1) is 0 Å². The Balaban J connectivity index is 0.000000300. The average Bonchev–Trinajstić information content (AvgIpc) is 2.64. The van der Waals surface area contributed by atoms with Crippen molar-refractivity contribution in [2.45, 2.75) is 5.51 Å². The van der Waals surface area contributed by atoms with Crippen molar-refractivity contribution in [2.24, 2.45) is 0 Å². The quantitative estimate of drug-likeness (QED) is 0.232. The molecule has 3 rings (SSSR count). The minimum atomic E-state index is -5.84. The molecule has 0 amide bonds. The lowest BCUT2D eigenvalue weighted by Crippen LogP contribution is -2.21. The van der Waals surface area contributed by atoms with Gasteiger partial charge in [-0.1, -0.05) is 72.8 Å². The third kappa shape index (κ3) is 6.55. The largest absolute Gasteiger partial charge is 0.522 e. The maximum Gasteiger partial charge on any atom is 0.522 e. The van der Waals surface area contributed by atoms with Gasteiger partial charge in [-0.3, -0.25) is 4.55 Å². The van der Waals surface area contributed by atoms with Crippen molar-refractivity contribution in [3.05, 3.63) is 88.5 Å². The van der Waals surface area contributed by atoms with Crippen molar-refractivity contribution < 1.29 is 26.1 Å². The number of hydrogen-bond acceptors (Lipinski definition) is 2. The van der Waals surface area contributed by atoms with E-state index in [0.717, 1.165) is 0 Å². The Bertz CT molecular complexity index is 941. The van der Waals surface area contributed by atoms with Gasteiger partial charge >= 0.3 is 15.6 Å². The highest BCUT2D eigenvalue weighted by Gasteiger charge is 2.44. The van der Waals surface area contributed by atoms with Crippen LogP contribution in [-0.2, 0) is 10.1 Å². The van der Waals surface area contributed by atoms with Crippen molar-refractivity contribution >= 4 is 56.5 Å². The standard InChI is InChI=1S/C18H14IP.CHF3O3S/c19-15-11-13-18(14-12-15)20(16-7-3-1-4-8-16)17-9-5-2-6-10-17;2-1(3,4)8(5,6)7/h1-14H;(H,5,6,7). The van der Waals surface area contributed by atoms with Gasteiger partial charge in [0, 0.05) is 3.57 Å². The zero-order valence-corrected chi connectivity index (χ0v) is 18.1. The summed E-state index contributed by atoms with van der Waals surface area (Å²) in [5.41, 5.74) is -5.53. The van der Waals surface area contributed by atoms with Crippen LogP contribution in [0.3, 0.4) is 0 Å². The Hall–Kier alpha value is -1.48. The summed E-state index contributed by atoms with van der Waals surface area (Å²) in [6, 6.07) is 30.5. The predicted molar refractivity (Wildman–Crippen MR) is 115 cm³/mol. The molecule has 0 heterocycles. The van der Waals surface area contributed by atoms with Crippen LogP contribution in [0, 0.1) is 3.57 Å². The van der Waals surface area contributed by atoms with Gasteiger partial charge in [-0.25, -0.2) is 0 Å². The molecule has 0 unspecified atom stereocenters. The first-order valence-corrected chi connectivity index (χ1v) is 11.6. The summed E-state index contributed by atoms with van der Waals surface area (Å²) >= 11 is 2.36. The van der Waals surface area contributed by atoms with E-state index in [1.54, 1.807) is 0 Å². The molecule has 3 aromatic rings. The SMILES string of the molecule is Ic1ccc(P(c2ccccc2)c2ccccc2)cc1.O=S(=O)(O)C(F)(F)F. The third-order valence-electron chi connectivity index (χ3n) is 3.41. The van der Waals surface area contributed by atoms with Crippen molar-refractivity contribution in [2.75, 3.05) is 0 Å². The lowest BCUT2D eigenvalue weighted by Gasteiger charge is -2.19. The molecule has 3 aromatic carbocycles. The Morgan fingerprint density at radius 2 is 1.04 bits per heavy atom. The molecule has 0 aliphatic heterocycles. The van der Waals surface area contributed by atoms with Crippen LogP contribution in [-0.4, -0.2) is 18.5 Å². The monoisotopic (exact) mass is 538 g/mol. The van der Waals surface area contributed by atoms with Gasteiger partial charge in [0.05, 0.1) is 0 Å². The van der Waals surface area contributed by atoms with E-state index in [4.69, 9.17) is 13.0 Å². The van der Waals surface area contributed by atoms with Crippen molar-refractivity contribution in [1.82, 2.24) is 0 Å². The van der Waals surface area contributed by atoms with E-state index in [-0.39, 0.29) is 0 Å².